The quantitative estimate of drug-likeness (QED) is 0.659. The fraction of sp³-hybridized carbons (Fsp3) is 0.300. The molecule has 2 aromatic heterocycles. The minimum atomic E-state index is -4.38. The topological polar surface area (TPSA) is 17.3 Å². The van der Waals surface area contributed by atoms with Crippen LogP contribution < -0.4 is 0 Å². The van der Waals surface area contributed by atoms with E-state index in [4.69, 9.17) is 0 Å². The van der Waals surface area contributed by atoms with Crippen LogP contribution in [0.3, 0.4) is 0 Å². The van der Waals surface area contributed by atoms with Crippen molar-refractivity contribution in [3.05, 3.63) is 35.3 Å². The van der Waals surface area contributed by atoms with E-state index in [-0.39, 0.29) is 0 Å². The van der Waals surface area contributed by atoms with Gasteiger partial charge in [-0.2, -0.15) is 13.2 Å². The summed E-state index contributed by atoms with van der Waals surface area (Å²) in [5.41, 5.74) is 1.13. The summed E-state index contributed by atoms with van der Waals surface area (Å²) in [5.74, 6) is 0. The van der Waals surface area contributed by atoms with Crippen LogP contribution in [0.4, 0.5) is 13.2 Å². The molecule has 0 fully saturated rings. The average molecular weight is 214 g/mol. The zero-order valence-electron chi connectivity index (χ0n) is 8.26. The van der Waals surface area contributed by atoms with Gasteiger partial charge in [-0.1, -0.05) is 0 Å². The van der Waals surface area contributed by atoms with Gasteiger partial charge < -0.3 is 4.40 Å². The summed E-state index contributed by atoms with van der Waals surface area (Å²) in [6.07, 6.45) is -3.36. The fourth-order valence-corrected chi connectivity index (χ4v) is 1.56. The Labute approximate surface area is 84.4 Å². The Bertz CT molecular complexity index is 511. The summed E-state index contributed by atoms with van der Waals surface area (Å²) in [7, 11) is 0. The van der Waals surface area contributed by atoms with E-state index < -0.39 is 11.9 Å². The van der Waals surface area contributed by atoms with Crippen LogP contribution in [-0.4, -0.2) is 9.38 Å². The first-order valence-electron chi connectivity index (χ1n) is 4.41. The van der Waals surface area contributed by atoms with Crippen molar-refractivity contribution in [1.82, 2.24) is 9.38 Å². The van der Waals surface area contributed by atoms with Crippen LogP contribution in [0.25, 0.3) is 5.65 Å². The number of nitrogens with zero attached hydrogens (tertiary/aromatic N) is 2. The summed E-state index contributed by atoms with van der Waals surface area (Å²) < 4.78 is 38.6. The predicted octanol–water partition coefficient (Wildman–Crippen LogP) is 2.97. The van der Waals surface area contributed by atoms with Crippen molar-refractivity contribution in [1.29, 1.82) is 0 Å². The van der Waals surface area contributed by atoms with Gasteiger partial charge in [0, 0.05) is 11.9 Å². The first-order chi connectivity index (χ1) is 6.88. The third-order valence-corrected chi connectivity index (χ3v) is 2.20. The van der Waals surface area contributed by atoms with Crippen molar-refractivity contribution in [3.8, 4) is 0 Å². The molecule has 0 aliphatic heterocycles. The molecule has 2 rings (SSSR count). The SMILES string of the molecule is Cc1cc(C)n2cc(C(F)(F)F)nc2c1. The van der Waals surface area contributed by atoms with E-state index in [2.05, 4.69) is 4.98 Å². The fourth-order valence-electron chi connectivity index (χ4n) is 1.56. The van der Waals surface area contributed by atoms with Crippen molar-refractivity contribution in [2.45, 2.75) is 20.0 Å². The number of halogens is 3. The molecule has 2 heterocycles. The van der Waals surface area contributed by atoms with E-state index >= 15 is 0 Å². The number of aryl methyl sites for hydroxylation is 2. The Hall–Kier alpha value is -1.52. The maximum absolute atomic E-state index is 12.4. The molecule has 0 saturated heterocycles. The number of pyridine rings is 1. The molecule has 0 N–H and O–H groups in total. The van der Waals surface area contributed by atoms with E-state index in [1.54, 1.807) is 13.0 Å². The molecule has 15 heavy (non-hydrogen) atoms. The summed E-state index contributed by atoms with van der Waals surface area (Å²) in [4.78, 5) is 3.54. The maximum Gasteiger partial charge on any atom is 0.434 e. The second-order valence-electron chi connectivity index (χ2n) is 3.53. The van der Waals surface area contributed by atoms with Gasteiger partial charge in [-0.3, -0.25) is 0 Å². The van der Waals surface area contributed by atoms with Gasteiger partial charge >= 0.3 is 6.18 Å². The summed E-state index contributed by atoms with van der Waals surface area (Å²) in [6.45, 7) is 3.58. The molecule has 2 nitrogen and oxygen atoms in total. The van der Waals surface area contributed by atoms with Gasteiger partial charge in [-0.15, -0.1) is 0 Å². The summed E-state index contributed by atoms with van der Waals surface area (Å²) in [6, 6.07) is 3.44. The minimum Gasteiger partial charge on any atom is -0.304 e. The van der Waals surface area contributed by atoms with Gasteiger partial charge in [0.2, 0.25) is 0 Å². The third kappa shape index (κ3) is 1.69. The third-order valence-electron chi connectivity index (χ3n) is 2.20. The maximum atomic E-state index is 12.4. The number of alkyl halides is 3. The van der Waals surface area contributed by atoms with E-state index in [1.165, 1.54) is 4.40 Å². The number of hydrogen-bond donors (Lipinski definition) is 0. The van der Waals surface area contributed by atoms with Crippen LogP contribution in [-0.2, 0) is 6.18 Å². The first-order valence-corrected chi connectivity index (χ1v) is 4.41. The molecule has 0 unspecified atom stereocenters. The standard InChI is InChI=1S/C10H9F3N2/c1-6-3-7(2)15-5-8(10(11,12)13)14-9(15)4-6/h3-5H,1-2H3. The number of aromatic nitrogens is 2. The molecular formula is C10H9F3N2. The molecule has 0 bridgehead atoms. The van der Waals surface area contributed by atoms with Crippen LogP contribution in [0, 0.1) is 13.8 Å². The number of hydrogen-bond acceptors (Lipinski definition) is 1. The molecule has 0 atom stereocenters. The molecule has 80 valence electrons. The van der Waals surface area contributed by atoms with Crippen LogP contribution in [0.2, 0.25) is 0 Å². The molecule has 5 heteroatoms. The lowest BCUT2D eigenvalue weighted by Gasteiger charge is -2.00. The van der Waals surface area contributed by atoms with E-state index in [9.17, 15) is 13.2 Å². The van der Waals surface area contributed by atoms with Crippen molar-refractivity contribution >= 4 is 5.65 Å². The average Bonchev–Trinajstić information content (AvgIpc) is 2.46. The van der Waals surface area contributed by atoms with Crippen molar-refractivity contribution in [2.75, 3.05) is 0 Å². The molecule has 0 aromatic carbocycles. The molecule has 0 aliphatic rings. The highest BCUT2D eigenvalue weighted by Gasteiger charge is 2.33. The Balaban J connectivity index is 2.71. The van der Waals surface area contributed by atoms with Crippen molar-refractivity contribution in [2.24, 2.45) is 0 Å². The molecule has 2 aromatic rings. The van der Waals surface area contributed by atoms with Crippen LogP contribution in [0.1, 0.15) is 17.0 Å². The van der Waals surface area contributed by atoms with Gasteiger partial charge in [0.1, 0.15) is 5.65 Å². The number of fused-ring (bicyclic) bond motifs is 1. The number of rotatable bonds is 0. The van der Waals surface area contributed by atoms with E-state index in [0.29, 0.717) is 5.65 Å². The van der Waals surface area contributed by atoms with Crippen molar-refractivity contribution < 1.29 is 13.2 Å². The smallest absolute Gasteiger partial charge is 0.304 e. The van der Waals surface area contributed by atoms with Crippen molar-refractivity contribution in [3.63, 3.8) is 0 Å². The molecular weight excluding hydrogens is 205 g/mol. The Morgan fingerprint density at radius 2 is 1.87 bits per heavy atom. The number of imidazole rings is 1. The Morgan fingerprint density at radius 1 is 1.20 bits per heavy atom. The second kappa shape index (κ2) is 2.98. The Kier molecular flexibility index (Phi) is 1.99. The summed E-state index contributed by atoms with van der Waals surface area (Å²) in [5, 5.41) is 0. The Morgan fingerprint density at radius 3 is 2.47 bits per heavy atom. The molecule has 0 radical (unpaired) electrons. The predicted molar refractivity (Wildman–Crippen MR) is 49.7 cm³/mol. The van der Waals surface area contributed by atoms with Gasteiger partial charge in [0.15, 0.2) is 5.69 Å². The highest BCUT2D eigenvalue weighted by atomic mass is 19.4. The van der Waals surface area contributed by atoms with Crippen LogP contribution >= 0.6 is 0 Å². The van der Waals surface area contributed by atoms with E-state index in [1.807, 2.05) is 13.0 Å². The first kappa shape index (κ1) is 10.0. The van der Waals surface area contributed by atoms with Gasteiger partial charge in [-0.25, -0.2) is 4.98 Å². The lowest BCUT2D eigenvalue weighted by Crippen LogP contribution is -2.04. The zero-order chi connectivity index (χ0) is 11.2. The molecule has 0 aliphatic carbocycles. The lowest BCUT2D eigenvalue weighted by atomic mass is 10.2. The zero-order valence-corrected chi connectivity index (χ0v) is 8.26. The molecule has 0 spiro atoms. The highest BCUT2D eigenvalue weighted by molar-refractivity contribution is 5.45. The largest absolute Gasteiger partial charge is 0.434 e. The van der Waals surface area contributed by atoms with Gasteiger partial charge in [0.05, 0.1) is 0 Å². The van der Waals surface area contributed by atoms with Crippen LogP contribution in [0.15, 0.2) is 18.3 Å². The van der Waals surface area contributed by atoms with Gasteiger partial charge in [0.25, 0.3) is 0 Å². The molecule has 0 saturated carbocycles. The van der Waals surface area contributed by atoms with Gasteiger partial charge in [-0.05, 0) is 31.5 Å². The minimum absolute atomic E-state index is 0.333. The monoisotopic (exact) mass is 214 g/mol. The normalized spacial score (nSPS) is 12.3. The lowest BCUT2D eigenvalue weighted by molar-refractivity contribution is -0.140. The van der Waals surface area contributed by atoms with Crippen LogP contribution in [0.5, 0.6) is 0 Å². The molecule has 0 amide bonds. The van der Waals surface area contributed by atoms with E-state index in [0.717, 1.165) is 17.5 Å². The second-order valence-corrected chi connectivity index (χ2v) is 3.53. The summed E-state index contributed by atoms with van der Waals surface area (Å²) >= 11 is 0. The highest BCUT2D eigenvalue weighted by Crippen LogP contribution is 2.28.